The second-order valence-electron chi connectivity index (χ2n) is 3.39. The third-order valence-electron chi connectivity index (χ3n) is 2.12. The van der Waals surface area contributed by atoms with Crippen molar-refractivity contribution in [3.05, 3.63) is 54.4 Å². The average Bonchev–Trinajstić information content (AvgIpc) is 2.79. The fraction of sp³-hybridized carbons (Fsp3) is 0. The van der Waals surface area contributed by atoms with Crippen LogP contribution in [0.5, 0.6) is 5.75 Å². The quantitative estimate of drug-likeness (QED) is 0.903. The molecule has 0 fully saturated rings. The Hall–Kier alpha value is -2.28. The third kappa shape index (κ3) is 2.51. The Bertz CT molecular complexity index is 660. The van der Waals surface area contributed by atoms with E-state index in [0.29, 0.717) is 3.97 Å². The Kier molecular flexibility index (Phi) is 3.07. The van der Waals surface area contributed by atoms with Crippen molar-refractivity contribution in [1.29, 1.82) is 0 Å². The number of aromatic nitrogens is 1. The van der Waals surface area contributed by atoms with Gasteiger partial charge >= 0.3 is 16.3 Å². The molecule has 0 aliphatic carbocycles. The van der Waals surface area contributed by atoms with Crippen LogP contribution in [0.15, 0.2) is 48.8 Å². The number of aromatic carboxylic acids is 1. The van der Waals surface area contributed by atoms with Crippen LogP contribution in [0.2, 0.25) is 0 Å². The van der Waals surface area contributed by atoms with Crippen LogP contribution >= 0.6 is 0 Å². The molecule has 0 radical (unpaired) electrons. The minimum absolute atomic E-state index is 0.129. The summed E-state index contributed by atoms with van der Waals surface area (Å²) in [6.07, 6.45) is 2.09. The van der Waals surface area contributed by atoms with Crippen LogP contribution in [-0.2, 0) is 10.3 Å². The van der Waals surface area contributed by atoms with Crippen LogP contribution in [0, 0.1) is 0 Å². The zero-order valence-electron chi connectivity index (χ0n) is 9.05. The molecule has 94 valence electrons. The third-order valence-corrected chi connectivity index (χ3v) is 3.26. The highest BCUT2D eigenvalue weighted by atomic mass is 32.2. The minimum atomic E-state index is -4.07. The molecule has 0 aliphatic rings. The number of carboxylic acid groups (broad SMARTS) is 1. The molecule has 18 heavy (non-hydrogen) atoms. The molecule has 0 saturated heterocycles. The van der Waals surface area contributed by atoms with E-state index >= 15 is 0 Å². The zero-order valence-corrected chi connectivity index (χ0v) is 9.87. The second-order valence-corrected chi connectivity index (χ2v) is 4.83. The molecule has 0 spiro atoms. The van der Waals surface area contributed by atoms with E-state index in [-0.39, 0.29) is 11.3 Å². The molecule has 0 bridgehead atoms. The van der Waals surface area contributed by atoms with Crippen molar-refractivity contribution >= 4 is 16.3 Å². The summed E-state index contributed by atoms with van der Waals surface area (Å²) in [7, 11) is -4.07. The topological polar surface area (TPSA) is 85.6 Å². The van der Waals surface area contributed by atoms with E-state index < -0.39 is 16.3 Å². The Morgan fingerprint density at radius 2 is 1.83 bits per heavy atom. The lowest BCUT2D eigenvalue weighted by molar-refractivity contribution is 0.0697. The Morgan fingerprint density at radius 3 is 2.39 bits per heavy atom. The largest absolute Gasteiger partial charge is 0.478 e. The summed E-state index contributed by atoms with van der Waals surface area (Å²) in [6.45, 7) is 0. The predicted molar refractivity (Wildman–Crippen MR) is 62.8 cm³/mol. The number of nitrogens with zero attached hydrogens (tertiary/aromatic N) is 1. The van der Waals surface area contributed by atoms with Gasteiger partial charge in [0.05, 0.1) is 5.56 Å². The van der Waals surface area contributed by atoms with Crippen LogP contribution in [0.3, 0.4) is 0 Å². The van der Waals surface area contributed by atoms with Gasteiger partial charge in [0.15, 0.2) is 0 Å². The Balaban J connectivity index is 2.28. The Morgan fingerprint density at radius 1 is 1.17 bits per heavy atom. The number of carbonyl (C=O) groups is 1. The van der Waals surface area contributed by atoms with Crippen LogP contribution in [-0.4, -0.2) is 23.5 Å². The molecule has 0 saturated carbocycles. The normalized spacial score (nSPS) is 11.1. The molecule has 1 heterocycles. The summed E-state index contributed by atoms with van der Waals surface area (Å²) in [5, 5.41) is 8.70. The first-order chi connectivity index (χ1) is 8.49. The number of hydrogen-bond acceptors (Lipinski definition) is 4. The van der Waals surface area contributed by atoms with E-state index in [1.807, 2.05) is 0 Å². The fourth-order valence-electron chi connectivity index (χ4n) is 1.28. The lowest BCUT2D eigenvalue weighted by Gasteiger charge is -2.06. The standard InChI is InChI=1S/C11H9NO5S/c13-11(14)9-6-7-12(8-9)18(15,16)17-10-4-2-1-3-5-10/h1-8H,(H,13,14). The summed E-state index contributed by atoms with van der Waals surface area (Å²) >= 11 is 0. The summed E-state index contributed by atoms with van der Waals surface area (Å²) in [4.78, 5) is 10.7. The maximum absolute atomic E-state index is 11.8. The van der Waals surface area contributed by atoms with Gasteiger partial charge in [-0.05, 0) is 18.2 Å². The van der Waals surface area contributed by atoms with Crippen molar-refractivity contribution in [2.75, 3.05) is 0 Å². The SMILES string of the molecule is O=C(O)c1ccn(S(=O)(=O)Oc2ccccc2)c1. The van der Waals surface area contributed by atoms with Crippen molar-refractivity contribution in [1.82, 2.24) is 3.97 Å². The van der Waals surface area contributed by atoms with Gasteiger partial charge in [-0.2, -0.15) is 8.42 Å². The van der Waals surface area contributed by atoms with Gasteiger partial charge in [0.2, 0.25) is 0 Å². The van der Waals surface area contributed by atoms with Gasteiger partial charge in [0.1, 0.15) is 5.75 Å². The lowest BCUT2D eigenvalue weighted by atomic mass is 10.3. The van der Waals surface area contributed by atoms with Gasteiger partial charge in [0.25, 0.3) is 0 Å². The summed E-state index contributed by atoms with van der Waals surface area (Å²) in [5.74, 6) is -1.05. The van der Waals surface area contributed by atoms with E-state index in [0.717, 1.165) is 12.4 Å². The first kappa shape index (κ1) is 12.2. The molecule has 0 amide bonds. The summed E-state index contributed by atoms with van der Waals surface area (Å²) in [5.41, 5.74) is -0.129. The van der Waals surface area contributed by atoms with Crippen molar-refractivity contribution in [2.45, 2.75) is 0 Å². The van der Waals surface area contributed by atoms with Gasteiger partial charge in [-0.25, -0.2) is 8.77 Å². The summed E-state index contributed by atoms with van der Waals surface area (Å²) < 4.78 is 29.1. The molecule has 0 atom stereocenters. The predicted octanol–water partition coefficient (Wildman–Crippen LogP) is 1.36. The van der Waals surface area contributed by atoms with Crippen molar-refractivity contribution in [3.63, 3.8) is 0 Å². The molecule has 2 rings (SSSR count). The van der Waals surface area contributed by atoms with Crippen LogP contribution in [0.1, 0.15) is 10.4 Å². The number of benzene rings is 1. The van der Waals surface area contributed by atoms with Gasteiger partial charge in [0, 0.05) is 12.4 Å². The molecule has 1 aromatic heterocycles. The first-order valence-electron chi connectivity index (χ1n) is 4.90. The number of carboxylic acids is 1. The highest BCUT2D eigenvalue weighted by molar-refractivity contribution is 7.85. The maximum Gasteiger partial charge on any atom is 0.413 e. The zero-order chi connectivity index (χ0) is 13.2. The van der Waals surface area contributed by atoms with E-state index in [1.54, 1.807) is 18.2 Å². The molecule has 1 N–H and O–H groups in total. The molecule has 6 nitrogen and oxygen atoms in total. The molecule has 2 aromatic rings. The minimum Gasteiger partial charge on any atom is -0.478 e. The molecule has 0 unspecified atom stereocenters. The van der Waals surface area contributed by atoms with Crippen molar-refractivity contribution < 1.29 is 22.5 Å². The lowest BCUT2D eigenvalue weighted by Crippen LogP contribution is -2.17. The van der Waals surface area contributed by atoms with Gasteiger partial charge < -0.3 is 9.29 Å². The maximum atomic E-state index is 11.8. The molecular weight excluding hydrogens is 258 g/mol. The molecule has 0 aliphatic heterocycles. The van der Waals surface area contributed by atoms with Crippen molar-refractivity contribution in [3.8, 4) is 5.75 Å². The van der Waals surface area contributed by atoms with Gasteiger partial charge in [-0.1, -0.05) is 18.2 Å². The molecule has 1 aromatic carbocycles. The van der Waals surface area contributed by atoms with Gasteiger partial charge in [-0.3, -0.25) is 0 Å². The van der Waals surface area contributed by atoms with E-state index in [4.69, 9.17) is 9.29 Å². The van der Waals surface area contributed by atoms with Crippen LogP contribution in [0.25, 0.3) is 0 Å². The van der Waals surface area contributed by atoms with Crippen LogP contribution in [0.4, 0.5) is 0 Å². The number of rotatable bonds is 4. The van der Waals surface area contributed by atoms with E-state index in [9.17, 15) is 13.2 Å². The molecule has 7 heteroatoms. The van der Waals surface area contributed by atoms with Crippen molar-refractivity contribution in [2.24, 2.45) is 0 Å². The fourth-order valence-corrected chi connectivity index (χ4v) is 2.18. The van der Waals surface area contributed by atoms with Crippen LogP contribution < -0.4 is 4.18 Å². The van der Waals surface area contributed by atoms with E-state index in [1.165, 1.54) is 18.2 Å². The summed E-state index contributed by atoms with van der Waals surface area (Å²) in [6, 6.07) is 9.12. The monoisotopic (exact) mass is 267 g/mol. The van der Waals surface area contributed by atoms with E-state index in [2.05, 4.69) is 0 Å². The smallest absolute Gasteiger partial charge is 0.413 e. The second kappa shape index (κ2) is 4.53. The number of hydrogen-bond donors (Lipinski definition) is 1. The highest BCUT2D eigenvalue weighted by Gasteiger charge is 2.17. The highest BCUT2D eigenvalue weighted by Crippen LogP contribution is 2.14. The Labute approximate surface area is 103 Å². The number of para-hydroxylation sites is 1. The van der Waals surface area contributed by atoms with Gasteiger partial charge in [-0.15, -0.1) is 0 Å². The first-order valence-corrected chi connectivity index (χ1v) is 6.27. The average molecular weight is 267 g/mol. The molecular formula is C11H9NO5S.